The molecule has 0 aliphatic rings. The summed E-state index contributed by atoms with van der Waals surface area (Å²) in [6.07, 6.45) is 3.35. The molecule has 4 aromatic rings. The Kier molecular flexibility index (Phi) is 5.96. The fourth-order valence-electron chi connectivity index (χ4n) is 3.15. The van der Waals surface area contributed by atoms with Gasteiger partial charge in [0.1, 0.15) is 5.69 Å². The molecule has 0 amide bonds. The number of fused-ring (bicyclic) bond motifs is 1. The number of benzene rings is 1. The minimum Gasteiger partial charge on any atom is -0.376 e. The molecule has 0 saturated carbocycles. The van der Waals surface area contributed by atoms with Crippen LogP contribution in [0, 0.1) is 6.92 Å². The highest BCUT2D eigenvalue weighted by molar-refractivity contribution is 7.09. The molecule has 0 radical (unpaired) electrons. The summed E-state index contributed by atoms with van der Waals surface area (Å²) in [5, 5.41) is 13.4. The summed E-state index contributed by atoms with van der Waals surface area (Å²) in [4.78, 5) is 5.62. The third-order valence-corrected chi connectivity index (χ3v) is 5.79. The highest BCUT2D eigenvalue weighted by atomic mass is 32.1. The van der Waals surface area contributed by atoms with Crippen molar-refractivity contribution in [1.29, 1.82) is 0 Å². The van der Waals surface area contributed by atoms with E-state index in [4.69, 9.17) is 9.84 Å². The van der Waals surface area contributed by atoms with Crippen molar-refractivity contribution in [3.63, 3.8) is 0 Å². The van der Waals surface area contributed by atoms with Crippen LogP contribution in [0.4, 0.5) is 5.69 Å². The summed E-state index contributed by atoms with van der Waals surface area (Å²) in [7, 11) is 1.68. The number of rotatable bonds is 7. The molecule has 1 atom stereocenters. The lowest BCUT2D eigenvalue weighted by Crippen LogP contribution is -2.05. The maximum absolute atomic E-state index is 5.25. The van der Waals surface area contributed by atoms with Crippen molar-refractivity contribution in [3.8, 4) is 10.6 Å². The Morgan fingerprint density at radius 1 is 1.20 bits per heavy atom. The maximum atomic E-state index is 5.25. The fraction of sp³-hybridized carbons (Fsp3) is 0.318. The highest BCUT2D eigenvalue weighted by Gasteiger charge is 2.12. The molecule has 0 bridgehead atoms. The summed E-state index contributed by atoms with van der Waals surface area (Å²) < 4.78 is 11.4. The summed E-state index contributed by atoms with van der Waals surface area (Å²) >= 11 is 1.45. The quantitative estimate of drug-likeness (QED) is 0.413. The van der Waals surface area contributed by atoms with Crippen molar-refractivity contribution in [3.05, 3.63) is 59.0 Å². The van der Waals surface area contributed by atoms with Gasteiger partial charge in [0.2, 0.25) is 0 Å². The van der Waals surface area contributed by atoms with Gasteiger partial charge in [0.25, 0.3) is 0 Å². The van der Waals surface area contributed by atoms with E-state index < -0.39 is 0 Å². The lowest BCUT2D eigenvalue weighted by molar-refractivity contribution is 0.174. The minimum absolute atomic E-state index is 0.0145. The molecule has 1 aromatic carbocycles. The standard InChI is InChI=1S/C22H24N6OS/c1-5-17-11-16(6-7-18(17)23-13-15(3)29-4)12-22-25-24-21-9-8-19(26-28(21)22)20-10-14(2)27-30-20/h6-11,13,15H,5,12H2,1-4H3. The zero-order chi connectivity index (χ0) is 21.1. The van der Waals surface area contributed by atoms with Crippen molar-refractivity contribution < 1.29 is 4.74 Å². The third-order valence-electron chi connectivity index (χ3n) is 4.89. The lowest BCUT2D eigenvalue weighted by atomic mass is 10.0. The van der Waals surface area contributed by atoms with Gasteiger partial charge in [0.15, 0.2) is 11.5 Å². The number of nitrogens with zero attached hydrogens (tertiary/aromatic N) is 6. The van der Waals surface area contributed by atoms with Crippen LogP contribution in [-0.2, 0) is 17.6 Å². The van der Waals surface area contributed by atoms with Crippen LogP contribution in [0.1, 0.15) is 36.5 Å². The van der Waals surface area contributed by atoms with E-state index in [9.17, 15) is 0 Å². The minimum atomic E-state index is -0.0145. The van der Waals surface area contributed by atoms with Crippen LogP contribution in [-0.4, -0.2) is 43.6 Å². The average molecular weight is 421 g/mol. The molecule has 0 aliphatic carbocycles. The first-order valence-corrected chi connectivity index (χ1v) is 10.7. The molecule has 0 N–H and O–H groups in total. The van der Waals surface area contributed by atoms with Gasteiger partial charge in [0.05, 0.1) is 22.4 Å². The molecular weight excluding hydrogens is 396 g/mol. The predicted octanol–water partition coefficient (Wildman–Crippen LogP) is 4.45. The fourth-order valence-corrected chi connectivity index (χ4v) is 3.87. The van der Waals surface area contributed by atoms with E-state index in [0.29, 0.717) is 6.42 Å². The molecule has 0 aliphatic heterocycles. The summed E-state index contributed by atoms with van der Waals surface area (Å²) in [6.45, 7) is 6.08. The van der Waals surface area contributed by atoms with Crippen LogP contribution in [0.2, 0.25) is 0 Å². The molecule has 8 heteroatoms. The van der Waals surface area contributed by atoms with E-state index in [2.05, 4.69) is 44.7 Å². The van der Waals surface area contributed by atoms with E-state index >= 15 is 0 Å². The summed E-state index contributed by atoms with van der Waals surface area (Å²) in [5.41, 5.74) is 5.92. The van der Waals surface area contributed by atoms with Crippen LogP contribution in [0.5, 0.6) is 0 Å². The summed E-state index contributed by atoms with van der Waals surface area (Å²) in [5.74, 6) is 0.805. The van der Waals surface area contributed by atoms with Gasteiger partial charge in [0, 0.05) is 19.7 Å². The van der Waals surface area contributed by atoms with E-state index in [1.54, 1.807) is 7.11 Å². The van der Waals surface area contributed by atoms with Gasteiger partial charge < -0.3 is 4.74 Å². The molecule has 0 spiro atoms. The molecular formula is C22H24N6OS. The Morgan fingerprint density at radius 2 is 2.07 bits per heavy atom. The van der Waals surface area contributed by atoms with Crippen LogP contribution in [0.15, 0.2) is 41.4 Å². The monoisotopic (exact) mass is 420 g/mol. The van der Waals surface area contributed by atoms with E-state index in [1.165, 1.54) is 17.1 Å². The molecule has 0 saturated heterocycles. The first-order chi connectivity index (χ1) is 14.6. The van der Waals surface area contributed by atoms with Gasteiger partial charge in [-0.2, -0.15) is 14.0 Å². The summed E-state index contributed by atoms with van der Waals surface area (Å²) in [6, 6.07) is 12.3. The van der Waals surface area contributed by atoms with Gasteiger partial charge in [-0.25, -0.2) is 0 Å². The van der Waals surface area contributed by atoms with E-state index in [0.717, 1.165) is 45.4 Å². The van der Waals surface area contributed by atoms with Gasteiger partial charge >= 0.3 is 0 Å². The second-order valence-corrected chi connectivity index (χ2v) is 7.95. The van der Waals surface area contributed by atoms with Crippen molar-refractivity contribution in [2.24, 2.45) is 4.99 Å². The molecule has 1 unspecified atom stereocenters. The molecule has 4 rings (SSSR count). The van der Waals surface area contributed by atoms with Crippen LogP contribution < -0.4 is 0 Å². The average Bonchev–Trinajstić information content (AvgIpc) is 3.38. The van der Waals surface area contributed by atoms with Gasteiger partial charge in [-0.05, 0) is 67.2 Å². The topological polar surface area (TPSA) is 77.6 Å². The number of aryl methyl sites for hydroxylation is 2. The third kappa shape index (κ3) is 4.29. The molecule has 3 aromatic heterocycles. The number of aliphatic imine (C=N–C) groups is 1. The Labute approximate surface area is 179 Å². The van der Waals surface area contributed by atoms with Gasteiger partial charge in [-0.1, -0.05) is 19.1 Å². The lowest BCUT2D eigenvalue weighted by Gasteiger charge is -2.08. The van der Waals surface area contributed by atoms with Crippen molar-refractivity contribution >= 4 is 29.1 Å². The molecule has 154 valence electrons. The van der Waals surface area contributed by atoms with Crippen LogP contribution in [0.25, 0.3) is 16.2 Å². The number of hydrogen-bond donors (Lipinski definition) is 0. The number of aromatic nitrogens is 5. The van der Waals surface area contributed by atoms with E-state index in [-0.39, 0.29) is 6.10 Å². The van der Waals surface area contributed by atoms with Gasteiger partial charge in [-0.3, -0.25) is 4.99 Å². The number of methoxy groups -OCH3 is 1. The van der Waals surface area contributed by atoms with Crippen molar-refractivity contribution in [2.45, 2.75) is 39.7 Å². The second-order valence-electron chi connectivity index (χ2n) is 7.15. The SMILES string of the molecule is CCc1cc(Cc2nnc3ccc(-c4cc(C)ns4)nn23)ccc1N=CC(C)OC. The first-order valence-electron chi connectivity index (χ1n) is 9.91. The highest BCUT2D eigenvalue weighted by Crippen LogP contribution is 2.24. The molecule has 3 heterocycles. The zero-order valence-electron chi connectivity index (χ0n) is 17.5. The number of ether oxygens (including phenoxy) is 1. The smallest absolute Gasteiger partial charge is 0.177 e. The molecule has 7 nitrogen and oxygen atoms in total. The van der Waals surface area contributed by atoms with Crippen LogP contribution >= 0.6 is 11.5 Å². The second kappa shape index (κ2) is 8.81. The Hall–Kier alpha value is -2.97. The van der Waals surface area contributed by atoms with Crippen molar-refractivity contribution in [2.75, 3.05) is 7.11 Å². The van der Waals surface area contributed by atoms with Crippen molar-refractivity contribution in [1.82, 2.24) is 24.2 Å². The zero-order valence-corrected chi connectivity index (χ0v) is 18.3. The molecule has 0 fully saturated rings. The predicted molar refractivity (Wildman–Crippen MR) is 120 cm³/mol. The number of hydrogen-bond acceptors (Lipinski definition) is 7. The van der Waals surface area contributed by atoms with Gasteiger partial charge in [-0.15, -0.1) is 10.2 Å². The van der Waals surface area contributed by atoms with E-state index in [1.807, 2.05) is 42.8 Å². The molecule has 30 heavy (non-hydrogen) atoms. The Morgan fingerprint density at radius 3 is 2.80 bits per heavy atom. The van der Waals surface area contributed by atoms with Crippen LogP contribution in [0.3, 0.4) is 0 Å². The Balaban J connectivity index is 1.63. The normalized spacial score (nSPS) is 12.8. The Bertz CT molecular complexity index is 1200. The maximum Gasteiger partial charge on any atom is 0.177 e. The largest absolute Gasteiger partial charge is 0.376 e. The first kappa shape index (κ1) is 20.3.